The van der Waals surface area contributed by atoms with Gasteiger partial charge in [-0.1, -0.05) is 16.5 Å². The molecule has 0 aromatic carbocycles. The lowest BCUT2D eigenvalue weighted by Gasteiger charge is -2.26. The molecule has 1 aromatic heterocycles. The Morgan fingerprint density at radius 1 is 1.59 bits per heavy atom. The lowest BCUT2D eigenvalue weighted by molar-refractivity contribution is -0.138. The van der Waals surface area contributed by atoms with Crippen LogP contribution in [0.2, 0.25) is 0 Å². The molecule has 0 fully saturated rings. The van der Waals surface area contributed by atoms with E-state index in [1.54, 1.807) is 6.92 Å². The molecule has 17 heavy (non-hydrogen) atoms. The van der Waals surface area contributed by atoms with Crippen LogP contribution in [0.1, 0.15) is 20.3 Å². The number of nitrogens with one attached hydrogen (secondary N) is 1. The first kappa shape index (κ1) is 13.3. The largest absolute Gasteiger partial charge is 0.480 e. The first-order valence-corrected chi connectivity index (χ1v) is 5.76. The minimum Gasteiger partial charge on any atom is -0.480 e. The molecule has 1 unspecified atom stereocenters. The van der Waals surface area contributed by atoms with Crippen LogP contribution in [0.25, 0.3) is 0 Å². The van der Waals surface area contributed by atoms with Crippen LogP contribution in [0.5, 0.6) is 0 Å². The van der Waals surface area contributed by atoms with Gasteiger partial charge in [-0.15, -0.1) is 0 Å². The molecule has 1 rings (SSSR count). The fraction of sp³-hybridized carbons (Fsp3) is 0.625. The number of hydrogen-bond acceptors (Lipinski definition) is 6. The fourth-order valence-electron chi connectivity index (χ4n) is 1.14. The molecule has 0 bridgehead atoms. The number of carboxylic acid groups (broad SMARTS) is 1. The molecule has 0 spiro atoms. The highest BCUT2D eigenvalue weighted by molar-refractivity contribution is 7.09. The third-order valence-electron chi connectivity index (χ3n) is 2.20. The number of carbonyl (C=O) groups is 2. The van der Waals surface area contributed by atoms with E-state index in [2.05, 4.69) is 20.1 Å². The quantitative estimate of drug-likeness (QED) is 0.803. The predicted octanol–water partition coefficient (Wildman–Crippen LogP) is 0.650. The van der Waals surface area contributed by atoms with Gasteiger partial charge in [0.2, 0.25) is 5.13 Å². The van der Waals surface area contributed by atoms with E-state index in [4.69, 9.17) is 5.11 Å². The molecule has 0 saturated carbocycles. The number of carbonyl (C=O) groups excluding carboxylic acids is 1. The second-order valence-corrected chi connectivity index (χ2v) is 4.11. The summed E-state index contributed by atoms with van der Waals surface area (Å²) in [6.07, 6.45) is 0.662. The van der Waals surface area contributed by atoms with Gasteiger partial charge in [0, 0.05) is 17.6 Å². The Hall–Kier alpha value is -1.77. The highest BCUT2D eigenvalue weighted by Gasteiger charge is 2.22. The molecule has 8 nitrogen and oxygen atoms in total. The Labute approximate surface area is 102 Å². The van der Waals surface area contributed by atoms with E-state index in [9.17, 15) is 9.59 Å². The van der Waals surface area contributed by atoms with E-state index < -0.39 is 12.0 Å². The summed E-state index contributed by atoms with van der Waals surface area (Å²) >= 11 is 0.929. The highest BCUT2D eigenvalue weighted by atomic mass is 32.1. The number of rotatable bonds is 5. The number of amides is 2. The summed E-state index contributed by atoms with van der Waals surface area (Å²) in [5, 5.41) is 18.3. The van der Waals surface area contributed by atoms with Gasteiger partial charge in [-0.05, 0) is 18.6 Å². The Morgan fingerprint density at radius 3 is 2.76 bits per heavy atom. The van der Waals surface area contributed by atoms with E-state index in [-0.39, 0.29) is 17.7 Å². The molecule has 0 radical (unpaired) electrons. The average Bonchev–Trinajstić information content (AvgIpc) is 2.77. The molecule has 2 amide bonds. The van der Waals surface area contributed by atoms with Gasteiger partial charge in [0.1, 0.15) is 6.54 Å². The molecule has 0 aliphatic heterocycles. The molecular weight excluding hydrogens is 246 g/mol. The summed E-state index contributed by atoms with van der Waals surface area (Å²) in [5.74, 6) is -1.06. The van der Waals surface area contributed by atoms with Crippen LogP contribution in [0.4, 0.5) is 9.93 Å². The lowest BCUT2D eigenvalue weighted by Crippen LogP contribution is -2.44. The monoisotopic (exact) mass is 259 g/mol. The minimum absolute atomic E-state index is 0.174. The summed E-state index contributed by atoms with van der Waals surface area (Å²) in [5.41, 5.74) is 0. The molecule has 0 aliphatic rings. The van der Waals surface area contributed by atoms with Crippen LogP contribution in [0.3, 0.4) is 0 Å². The Balaban J connectivity index is 2.68. The molecule has 94 valence electrons. The van der Waals surface area contributed by atoms with E-state index in [1.807, 2.05) is 6.92 Å². The van der Waals surface area contributed by atoms with Crippen molar-refractivity contribution in [1.29, 1.82) is 0 Å². The van der Waals surface area contributed by atoms with Crippen LogP contribution in [0, 0.1) is 0 Å². The van der Waals surface area contributed by atoms with Gasteiger partial charge in [-0.3, -0.25) is 10.1 Å². The number of anilines is 1. The number of nitrogens with zero attached hydrogens (tertiary/aromatic N) is 4. The minimum atomic E-state index is -1.06. The zero-order chi connectivity index (χ0) is 12.8. The lowest BCUT2D eigenvalue weighted by atomic mass is 10.2. The standard InChI is InChI=1S/C8H13N5O3S/c1-3-5(2)13(4-6(14)15)8(16)9-7-10-11-12-17-7/h5H,3-4H2,1-2H3,(H,14,15)(H,9,10,12,16). The van der Waals surface area contributed by atoms with Crippen molar-refractivity contribution in [1.82, 2.24) is 19.7 Å². The predicted molar refractivity (Wildman–Crippen MR) is 60.8 cm³/mol. The van der Waals surface area contributed by atoms with Gasteiger partial charge in [0.05, 0.1) is 0 Å². The number of carboxylic acids is 1. The van der Waals surface area contributed by atoms with E-state index >= 15 is 0 Å². The second-order valence-electron chi connectivity index (χ2n) is 3.38. The maximum Gasteiger partial charge on any atom is 0.324 e. The first-order valence-electron chi connectivity index (χ1n) is 4.99. The molecule has 0 aliphatic carbocycles. The fourth-order valence-corrected chi connectivity index (χ4v) is 1.50. The summed E-state index contributed by atoms with van der Waals surface area (Å²) < 4.78 is 3.49. The molecule has 1 heterocycles. The van der Waals surface area contributed by atoms with Crippen LogP contribution in [-0.2, 0) is 4.79 Å². The maximum absolute atomic E-state index is 11.8. The SMILES string of the molecule is CCC(C)N(CC(=O)O)C(=O)Nc1nnns1. The summed E-state index contributed by atoms with van der Waals surface area (Å²) in [6, 6.07) is -0.688. The van der Waals surface area contributed by atoms with Crippen LogP contribution in [-0.4, -0.2) is 49.4 Å². The van der Waals surface area contributed by atoms with Crippen molar-refractivity contribution in [2.24, 2.45) is 0 Å². The van der Waals surface area contributed by atoms with Gasteiger partial charge in [-0.2, -0.15) is 0 Å². The topological polar surface area (TPSA) is 108 Å². The van der Waals surface area contributed by atoms with Gasteiger partial charge < -0.3 is 10.0 Å². The van der Waals surface area contributed by atoms with Crippen molar-refractivity contribution in [3.63, 3.8) is 0 Å². The van der Waals surface area contributed by atoms with Crippen molar-refractivity contribution < 1.29 is 14.7 Å². The number of urea groups is 1. The third kappa shape index (κ3) is 3.94. The number of aliphatic carboxylic acids is 1. The third-order valence-corrected chi connectivity index (χ3v) is 2.71. The molecule has 1 atom stereocenters. The van der Waals surface area contributed by atoms with Crippen LogP contribution in [0.15, 0.2) is 0 Å². The summed E-state index contributed by atoms with van der Waals surface area (Å²) in [6.45, 7) is 3.30. The Morgan fingerprint density at radius 2 is 2.29 bits per heavy atom. The van der Waals surface area contributed by atoms with Crippen LogP contribution >= 0.6 is 11.5 Å². The normalized spacial score (nSPS) is 11.9. The zero-order valence-corrected chi connectivity index (χ0v) is 10.3. The molecule has 0 saturated heterocycles. The molecule has 1 aromatic rings. The molecule has 9 heteroatoms. The summed E-state index contributed by atoms with van der Waals surface area (Å²) in [7, 11) is 0. The Bertz CT molecular complexity index is 383. The zero-order valence-electron chi connectivity index (χ0n) is 9.45. The number of hydrogen-bond donors (Lipinski definition) is 2. The maximum atomic E-state index is 11.8. The van der Waals surface area contributed by atoms with Crippen molar-refractivity contribution in [3.8, 4) is 0 Å². The van der Waals surface area contributed by atoms with Crippen molar-refractivity contribution in [2.75, 3.05) is 11.9 Å². The van der Waals surface area contributed by atoms with Crippen LogP contribution < -0.4 is 5.32 Å². The van der Waals surface area contributed by atoms with Crippen molar-refractivity contribution in [2.45, 2.75) is 26.3 Å². The highest BCUT2D eigenvalue weighted by Crippen LogP contribution is 2.09. The summed E-state index contributed by atoms with van der Waals surface area (Å²) in [4.78, 5) is 23.7. The van der Waals surface area contributed by atoms with Gasteiger partial charge >= 0.3 is 12.0 Å². The Kier molecular flexibility index (Phi) is 4.76. The van der Waals surface area contributed by atoms with Gasteiger partial charge in [0.15, 0.2) is 0 Å². The number of aromatic nitrogens is 3. The first-order chi connectivity index (χ1) is 8.04. The van der Waals surface area contributed by atoms with E-state index in [0.717, 1.165) is 11.5 Å². The van der Waals surface area contributed by atoms with E-state index in [0.29, 0.717) is 6.42 Å². The van der Waals surface area contributed by atoms with Crippen molar-refractivity contribution >= 4 is 28.7 Å². The molecular formula is C8H13N5O3S. The second kappa shape index (κ2) is 6.09. The van der Waals surface area contributed by atoms with Crippen molar-refractivity contribution in [3.05, 3.63) is 0 Å². The average molecular weight is 259 g/mol. The smallest absolute Gasteiger partial charge is 0.324 e. The van der Waals surface area contributed by atoms with Gasteiger partial charge in [-0.25, -0.2) is 4.79 Å². The van der Waals surface area contributed by atoms with Gasteiger partial charge in [0.25, 0.3) is 0 Å². The van der Waals surface area contributed by atoms with E-state index in [1.165, 1.54) is 4.90 Å². The molecule has 2 N–H and O–H groups in total.